The van der Waals surface area contributed by atoms with E-state index in [9.17, 15) is 28.0 Å². The number of carboxylic acids is 1. The van der Waals surface area contributed by atoms with Crippen molar-refractivity contribution in [3.05, 3.63) is 90.1 Å². The van der Waals surface area contributed by atoms with E-state index in [2.05, 4.69) is 36.6 Å². The topological polar surface area (TPSA) is 113 Å². The first-order valence-electron chi connectivity index (χ1n) is 12.1. The maximum Gasteiger partial charge on any atom is 0.343 e. The maximum absolute atomic E-state index is 13.9. The zero-order chi connectivity index (χ0) is 33.4. The van der Waals surface area contributed by atoms with Crippen molar-refractivity contribution in [2.45, 2.75) is 13.8 Å². The van der Waals surface area contributed by atoms with Crippen molar-refractivity contribution in [3.63, 3.8) is 0 Å². The molecule has 2 aromatic carbocycles. The molecule has 0 fully saturated rings. The van der Waals surface area contributed by atoms with Gasteiger partial charge >= 0.3 is 17.9 Å². The van der Waals surface area contributed by atoms with Crippen molar-refractivity contribution in [1.29, 1.82) is 0 Å². The second-order valence-corrected chi connectivity index (χ2v) is 10.9. The average molecular weight is 775 g/mol. The molecule has 236 valence electrons. The number of ether oxygens (including phenoxy) is 2. The van der Waals surface area contributed by atoms with Crippen molar-refractivity contribution < 1.29 is 42.5 Å². The monoisotopic (exact) mass is 772 g/mol. The predicted molar refractivity (Wildman–Crippen MR) is 167 cm³/mol. The lowest BCUT2D eigenvalue weighted by Gasteiger charge is -2.11. The summed E-state index contributed by atoms with van der Waals surface area (Å²) in [5.41, 5.74) is -0.909. The molecule has 0 aliphatic rings. The Balaban J connectivity index is 0.000000678. The van der Waals surface area contributed by atoms with E-state index >= 15 is 0 Å². The van der Waals surface area contributed by atoms with Gasteiger partial charge in [0.2, 0.25) is 5.78 Å². The number of hydrogen-bond acceptors (Lipinski definition) is 8. The number of carboxylic acid groups (broad SMARTS) is 1. The number of carbonyl (C=O) groups is 4. The molecular formula is C28H30Br2Cl2F2N2O7. The molecule has 0 radical (unpaired) electrons. The number of Topliss-reactive ketones (excluding diaryl/α,β-unsaturated/α-hetero) is 1. The summed E-state index contributed by atoms with van der Waals surface area (Å²) in [4.78, 5) is 48.5. The fourth-order valence-electron chi connectivity index (χ4n) is 2.60. The highest BCUT2D eigenvalue weighted by Crippen LogP contribution is 2.27. The molecule has 1 N–H and O–H groups in total. The van der Waals surface area contributed by atoms with Gasteiger partial charge in [0.05, 0.1) is 34.4 Å². The van der Waals surface area contributed by atoms with Gasteiger partial charge in [-0.05, 0) is 70.0 Å². The molecule has 0 aromatic heterocycles. The number of rotatable bonds is 9. The van der Waals surface area contributed by atoms with Crippen LogP contribution < -0.4 is 0 Å². The number of carbonyl (C=O) groups excluding carboxylic acids is 3. The Hall–Kier alpha value is -3.00. The largest absolute Gasteiger partial charge is 0.478 e. The summed E-state index contributed by atoms with van der Waals surface area (Å²) in [7, 11) is 6.97. The maximum atomic E-state index is 13.9. The molecule has 9 nitrogen and oxygen atoms in total. The first-order chi connectivity index (χ1) is 20.0. The normalized spacial score (nSPS) is 10.6. The first kappa shape index (κ1) is 40.0. The molecule has 0 saturated heterocycles. The molecule has 0 atom stereocenters. The Morgan fingerprint density at radius 3 is 1.72 bits per heavy atom. The number of halogens is 6. The fourth-order valence-corrected chi connectivity index (χ4v) is 3.59. The van der Waals surface area contributed by atoms with Crippen LogP contribution in [0.2, 0.25) is 10.0 Å². The molecule has 0 aliphatic carbocycles. The van der Waals surface area contributed by atoms with E-state index in [1.165, 1.54) is 23.2 Å². The number of esters is 2. The summed E-state index contributed by atoms with van der Waals surface area (Å²) >= 11 is 17.4. The van der Waals surface area contributed by atoms with Gasteiger partial charge in [-0.25, -0.2) is 23.2 Å². The van der Waals surface area contributed by atoms with Crippen LogP contribution in [-0.4, -0.2) is 80.0 Å². The van der Waals surface area contributed by atoms with E-state index in [0.717, 1.165) is 18.2 Å². The van der Waals surface area contributed by atoms with Crippen LogP contribution in [0.3, 0.4) is 0 Å². The number of aromatic carboxylic acids is 1. The average Bonchev–Trinajstić information content (AvgIpc) is 2.90. The Morgan fingerprint density at radius 1 is 0.837 bits per heavy atom. The smallest absolute Gasteiger partial charge is 0.343 e. The third-order valence-corrected chi connectivity index (χ3v) is 6.81. The Labute approximate surface area is 275 Å². The number of benzene rings is 2. The van der Waals surface area contributed by atoms with Crippen molar-refractivity contribution in [3.8, 4) is 0 Å². The third kappa shape index (κ3) is 14.8. The van der Waals surface area contributed by atoms with Crippen LogP contribution in [0.5, 0.6) is 0 Å². The fraction of sp³-hybridized carbons (Fsp3) is 0.286. The quantitative estimate of drug-likeness (QED) is 0.0719. The van der Waals surface area contributed by atoms with Crippen molar-refractivity contribution in [1.82, 2.24) is 9.80 Å². The molecule has 0 heterocycles. The van der Waals surface area contributed by atoms with Crippen LogP contribution in [0, 0.1) is 11.6 Å². The summed E-state index contributed by atoms with van der Waals surface area (Å²) in [6, 6.07) is 4.33. The minimum absolute atomic E-state index is 0.115. The van der Waals surface area contributed by atoms with Crippen molar-refractivity contribution in [2.24, 2.45) is 0 Å². The van der Waals surface area contributed by atoms with E-state index in [4.69, 9.17) is 33.0 Å². The second-order valence-electron chi connectivity index (χ2n) is 8.38. The van der Waals surface area contributed by atoms with E-state index in [-0.39, 0.29) is 33.8 Å². The molecule has 0 bridgehead atoms. The van der Waals surface area contributed by atoms with E-state index in [1.807, 2.05) is 14.1 Å². The van der Waals surface area contributed by atoms with Gasteiger partial charge in [0.1, 0.15) is 17.2 Å². The van der Waals surface area contributed by atoms with Gasteiger partial charge in [-0.2, -0.15) is 0 Å². The third-order valence-electron chi connectivity index (χ3n) is 4.42. The van der Waals surface area contributed by atoms with Gasteiger partial charge in [0.15, 0.2) is 0 Å². The van der Waals surface area contributed by atoms with Crippen molar-refractivity contribution >= 4 is 78.8 Å². The van der Waals surface area contributed by atoms with Crippen LogP contribution in [0.4, 0.5) is 8.78 Å². The molecule has 0 saturated carbocycles. The second kappa shape index (κ2) is 20.0. The van der Waals surface area contributed by atoms with Crippen LogP contribution in [-0.2, 0) is 19.1 Å². The summed E-state index contributed by atoms with van der Waals surface area (Å²) in [5.74, 6) is -4.82. The zero-order valence-corrected chi connectivity index (χ0v) is 28.7. The van der Waals surface area contributed by atoms with Crippen LogP contribution >= 0.6 is 55.1 Å². The summed E-state index contributed by atoms with van der Waals surface area (Å²) in [6.07, 6.45) is 4.34. The SMILES string of the molecule is CCOC(=O)/C(=C\N(C)C)C(=O)c1cc(Br)c(Cl)cc1F.CCOC(=O)/C=C\N(C)C.O=C(O)c1cc(Br)c(Cl)cc1F. The highest BCUT2D eigenvalue weighted by molar-refractivity contribution is 9.10. The van der Waals surface area contributed by atoms with Gasteiger partial charge < -0.3 is 24.4 Å². The Bertz CT molecular complexity index is 1370. The van der Waals surface area contributed by atoms with Crippen LogP contribution in [0.25, 0.3) is 0 Å². The minimum atomic E-state index is -1.31. The number of hydrogen-bond donors (Lipinski definition) is 1. The molecule has 0 unspecified atom stereocenters. The summed E-state index contributed by atoms with van der Waals surface area (Å²) in [6.45, 7) is 3.94. The summed E-state index contributed by atoms with van der Waals surface area (Å²) in [5, 5.41) is 8.76. The van der Waals surface area contributed by atoms with Gasteiger partial charge in [-0.3, -0.25) is 4.79 Å². The predicted octanol–water partition coefficient (Wildman–Crippen LogP) is 7.00. The molecule has 2 rings (SSSR count). The van der Waals surface area contributed by atoms with Gasteiger partial charge in [-0.15, -0.1) is 0 Å². The van der Waals surface area contributed by atoms with Gasteiger partial charge in [0, 0.05) is 55.6 Å². The van der Waals surface area contributed by atoms with E-state index < -0.39 is 34.9 Å². The molecule has 0 amide bonds. The Morgan fingerprint density at radius 2 is 1.30 bits per heavy atom. The number of nitrogens with zero attached hydrogens (tertiary/aromatic N) is 2. The van der Waals surface area contributed by atoms with Gasteiger partial charge in [0.25, 0.3) is 0 Å². The molecular weight excluding hydrogens is 745 g/mol. The molecule has 43 heavy (non-hydrogen) atoms. The van der Waals surface area contributed by atoms with Crippen LogP contribution in [0.15, 0.2) is 57.3 Å². The lowest BCUT2D eigenvalue weighted by Crippen LogP contribution is -2.20. The molecule has 0 spiro atoms. The van der Waals surface area contributed by atoms with Crippen LogP contribution in [0.1, 0.15) is 34.6 Å². The zero-order valence-electron chi connectivity index (χ0n) is 24.0. The number of ketones is 1. The van der Waals surface area contributed by atoms with E-state index in [1.54, 1.807) is 39.0 Å². The Kier molecular flexibility index (Phi) is 18.6. The lowest BCUT2D eigenvalue weighted by molar-refractivity contribution is -0.138. The lowest BCUT2D eigenvalue weighted by atomic mass is 10.0. The molecule has 2 aromatic rings. The highest BCUT2D eigenvalue weighted by atomic mass is 79.9. The van der Waals surface area contributed by atoms with Gasteiger partial charge in [-0.1, -0.05) is 23.2 Å². The van der Waals surface area contributed by atoms with E-state index in [0.29, 0.717) is 15.6 Å². The minimum Gasteiger partial charge on any atom is -0.478 e. The standard InChI is InChI=1S/C14H14BrClFNO3.C7H3BrClFO2.C7H13NO2/c1-4-21-14(20)9(7-18(2)3)13(19)8-5-10(15)11(16)6-12(8)17;8-4-1-3(7(11)12)6(10)2-5(4)9;1-4-10-7(9)5-6-8(2)3/h5-7H,4H2,1-3H3;1-2H,(H,11,12);5-6H,4H2,1-3H3/b9-7-;;6-5-. The van der Waals surface area contributed by atoms with Crippen molar-refractivity contribution in [2.75, 3.05) is 41.4 Å². The summed E-state index contributed by atoms with van der Waals surface area (Å²) < 4.78 is 36.9. The first-order valence-corrected chi connectivity index (χ1v) is 14.4. The molecule has 15 heteroatoms. The molecule has 0 aliphatic heterocycles. The highest BCUT2D eigenvalue weighted by Gasteiger charge is 2.25.